The third-order valence-electron chi connectivity index (χ3n) is 3.12. The lowest BCUT2D eigenvalue weighted by molar-refractivity contribution is 0.148. The summed E-state index contributed by atoms with van der Waals surface area (Å²) in [4.78, 5) is 4.12. The van der Waals surface area contributed by atoms with Gasteiger partial charge in [0.25, 0.3) is 0 Å². The van der Waals surface area contributed by atoms with Crippen LogP contribution in [0.4, 0.5) is 0 Å². The van der Waals surface area contributed by atoms with E-state index in [9.17, 15) is 0 Å². The first-order valence-corrected chi connectivity index (χ1v) is 7.34. The maximum atomic E-state index is 5.29. The maximum Gasteiger partial charge on any atom is 0.0590 e. The predicted octanol–water partition coefficient (Wildman–Crippen LogP) is 1.73. The van der Waals surface area contributed by atoms with Gasteiger partial charge >= 0.3 is 0 Å². The zero-order chi connectivity index (χ0) is 11.9. The maximum absolute atomic E-state index is 5.29. The summed E-state index contributed by atoms with van der Waals surface area (Å²) >= 11 is 1.91. The predicted molar refractivity (Wildman–Crippen MR) is 72.7 cm³/mol. The van der Waals surface area contributed by atoms with E-state index in [0.717, 1.165) is 39.4 Å². The van der Waals surface area contributed by atoms with Crippen molar-refractivity contribution >= 4 is 11.3 Å². The summed E-state index contributed by atoms with van der Waals surface area (Å²) in [5.41, 5.74) is 1.54. The number of hydrogen-bond donors (Lipinski definition) is 1. The quantitative estimate of drug-likeness (QED) is 0.750. The van der Waals surface area contributed by atoms with Crippen molar-refractivity contribution < 1.29 is 4.74 Å². The Hall–Kier alpha value is -0.420. The minimum Gasteiger partial charge on any atom is -0.380 e. The van der Waals surface area contributed by atoms with Gasteiger partial charge in [-0.3, -0.25) is 4.90 Å². The first-order valence-electron chi connectivity index (χ1n) is 6.46. The van der Waals surface area contributed by atoms with E-state index >= 15 is 0 Å². The minimum atomic E-state index is 0.814. The summed E-state index contributed by atoms with van der Waals surface area (Å²) in [7, 11) is 0. The van der Waals surface area contributed by atoms with Gasteiger partial charge in [-0.25, -0.2) is 0 Å². The van der Waals surface area contributed by atoms with Gasteiger partial charge in [0.15, 0.2) is 0 Å². The molecule has 0 bridgehead atoms. The van der Waals surface area contributed by atoms with E-state index in [1.54, 1.807) is 4.88 Å². The molecule has 1 aromatic rings. The summed E-state index contributed by atoms with van der Waals surface area (Å²) in [5.74, 6) is 0. The molecule has 0 amide bonds. The topological polar surface area (TPSA) is 24.5 Å². The molecule has 0 saturated carbocycles. The van der Waals surface area contributed by atoms with Crippen LogP contribution in [-0.2, 0) is 17.7 Å². The van der Waals surface area contributed by atoms with Crippen molar-refractivity contribution in [2.75, 3.05) is 39.4 Å². The van der Waals surface area contributed by atoms with Gasteiger partial charge in [-0.15, -0.1) is 11.3 Å². The van der Waals surface area contributed by atoms with Crippen molar-refractivity contribution in [2.24, 2.45) is 0 Å². The summed E-state index contributed by atoms with van der Waals surface area (Å²) in [5, 5.41) is 5.64. The normalized spacial score (nSPS) is 16.1. The van der Waals surface area contributed by atoms with Crippen LogP contribution in [0.3, 0.4) is 0 Å². The average molecular weight is 254 g/mol. The number of rotatable bonds is 7. The van der Waals surface area contributed by atoms with Crippen molar-refractivity contribution in [1.82, 2.24) is 10.2 Å². The van der Waals surface area contributed by atoms with E-state index in [1.165, 1.54) is 18.5 Å². The second-order valence-electron chi connectivity index (χ2n) is 4.34. The molecule has 0 aromatic carbocycles. The van der Waals surface area contributed by atoms with Crippen molar-refractivity contribution in [2.45, 2.75) is 19.9 Å². The summed E-state index contributed by atoms with van der Waals surface area (Å²) < 4.78 is 5.29. The molecule has 3 nitrogen and oxygen atoms in total. The number of thiophene rings is 1. The zero-order valence-corrected chi connectivity index (χ0v) is 11.4. The van der Waals surface area contributed by atoms with Crippen LogP contribution in [-0.4, -0.2) is 44.3 Å². The molecule has 0 saturated heterocycles. The van der Waals surface area contributed by atoms with Crippen molar-refractivity contribution in [3.8, 4) is 0 Å². The first kappa shape index (κ1) is 13.0. The third-order valence-corrected chi connectivity index (χ3v) is 4.14. The minimum absolute atomic E-state index is 0.814. The Kier molecular flexibility index (Phi) is 5.45. The second kappa shape index (κ2) is 7.11. The molecule has 0 spiro atoms. The highest BCUT2D eigenvalue weighted by Crippen LogP contribution is 2.23. The fourth-order valence-corrected chi connectivity index (χ4v) is 3.04. The molecule has 0 fully saturated rings. The number of hydrogen-bond acceptors (Lipinski definition) is 4. The van der Waals surface area contributed by atoms with Crippen LogP contribution < -0.4 is 5.32 Å². The molecule has 0 atom stereocenters. The van der Waals surface area contributed by atoms with Crippen LogP contribution in [0.5, 0.6) is 0 Å². The van der Waals surface area contributed by atoms with Gasteiger partial charge in [0.2, 0.25) is 0 Å². The Morgan fingerprint density at radius 3 is 3.29 bits per heavy atom. The Bertz CT molecular complexity index is 327. The largest absolute Gasteiger partial charge is 0.380 e. The molecule has 1 aliphatic heterocycles. The molecule has 0 aliphatic carbocycles. The van der Waals surface area contributed by atoms with E-state index in [1.807, 2.05) is 18.3 Å². The summed E-state index contributed by atoms with van der Waals surface area (Å²) in [6, 6.07) is 2.27. The number of ether oxygens (including phenoxy) is 1. The van der Waals surface area contributed by atoms with E-state index in [-0.39, 0.29) is 0 Å². The Morgan fingerprint density at radius 1 is 1.47 bits per heavy atom. The van der Waals surface area contributed by atoms with Gasteiger partial charge in [0, 0.05) is 44.2 Å². The van der Waals surface area contributed by atoms with E-state index in [2.05, 4.69) is 21.7 Å². The molecule has 2 rings (SSSR count). The lowest BCUT2D eigenvalue weighted by Gasteiger charge is -2.26. The van der Waals surface area contributed by atoms with E-state index < -0.39 is 0 Å². The first-order chi connectivity index (χ1) is 8.40. The fourth-order valence-electron chi connectivity index (χ4n) is 2.15. The third kappa shape index (κ3) is 4.07. The second-order valence-corrected chi connectivity index (χ2v) is 5.34. The highest BCUT2D eigenvalue weighted by molar-refractivity contribution is 7.10. The Morgan fingerprint density at radius 2 is 2.41 bits per heavy atom. The monoisotopic (exact) mass is 254 g/mol. The molecule has 17 heavy (non-hydrogen) atoms. The SMILES string of the molecule is CCOCCNCCN1CCc2sccc2C1. The zero-order valence-electron chi connectivity index (χ0n) is 10.6. The number of nitrogens with zero attached hydrogens (tertiary/aromatic N) is 1. The lowest BCUT2D eigenvalue weighted by atomic mass is 10.1. The Balaban J connectivity index is 1.59. The highest BCUT2D eigenvalue weighted by atomic mass is 32.1. The van der Waals surface area contributed by atoms with Crippen molar-refractivity contribution in [3.05, 3.63) is 21.9 Å². The molecule has 1 aliphatic rings. The van der Waals surface area contributed by atoms with Gasteiger partial charge in [0.05, 0.1) is 6.61 Å². The highest BCUT2D eigenvalue weighted by Gasteiger charge is 2.16. The molecular weight excluding hydrogens is 232 g/mol. The smallest absolute Gasteiger partial charge is 0.0590 e. The molecule has 1 N–H and O–H groups in total. The van der Waals surface area contributed by atoms with Crippen LogP contribution in [0, 0.1) is 0 Å². The molecule has 96 valence electrons. The molecule has 0 unspecified atom stereocenters. The molecule has 2 heterocycles. The average Bonchev–Trinajstić information content (AvgIpc) is 2.81. The molecule has 0 radical (unpaired) electrons. The number of nitrogens with one attached hydrogen (secondary N) is 1. The molecule has 1 aromatic heterocycles. The van der Waals surface area contributed by atoms with Crippen LogP contribution in [0.25, 0.3) is 0 Å². The lowest BCUT2D eigenvalue weighted by Crippen LogP contribution is -2.36. The van der Waals surface area contributed by atoms with E-state index in [4.69, 9.17) is 4.74 Å². The van der Waals surface area contributed by atoms with Crippen molar-refractivity contribution in [3.63, 3.8) is 0 Å². The van der Waals surface area contributed by atoms with Crippen molar-refractivity contribution in [1.29, 1.82) is 0 Å². The molecular formula is C13H22N2OS. The van der Waals surface area contributed by atoms with Gasteiger partial charge < -0.3 is 10.1 Å². The van der Waals surface area contributed by atoms with Crippen LogP contribution in [0.15, 0.2) is 11.4 Å². The summed E-state index contributed by atoms with van der Waals surface area (Å²) in [6.45, 7) is 9.18. The summed E-state index contributed by atoms with van der Waals surface area (Å²) in [6.07, 6.45) is 1.23. The van der Waals surface area contributed by atoms with Gasteiger partial charge in [-0.2, -0.15) is 0 Å². The van der Waals surface area contributed by atoms with Gasteiger partial charge in [-0.05, 0) is 30.4 Å². The van der Waals surface area contributed by atoms with Crippen LogP contribution in [0.1, 0.15) is 17.4 Å². The fraction of sp³-hybridized carbons (Fsp3) is 0.692. The molecule has 4 heteroatoms. The van der Waals surface area contributed by atoms with Gasteiger partial charge in [-0.1, -0.05) is 0 Å². The van der Waals surface area contributed by atoms with Crippen LogP contribution >= 0.6 is 11.3 Å². The number of fused-ring (bicyclic) bond motifs is 1. The van der Waals surface area contributed by atoms with E-state index in [0.29, 0.717) is 0 Å². The standard InChI is InChI=1S/C13H22N2OS/c1-2-16-9-6-14-5-8-15-7-3-13-12(11-15)4-10-17-13/h4,10,14H,2-3,5-9,11H2,1H3. The Labute approximate surface area is 108 Å². The van der Waals surface area contributed by atoms with Gasteiger partial charge in [0.1, 0.15) is 0 Å². The van der Waals surface area contributed by atoms with Crippen LogP contribution in [0.2, 0.25) is 0 Å².